The maximum Gasteiger partial charge on any atom is 0.338 e. The molecular formula is C50H46O15. The lowest BCUT2D eigenvalue weighted by molar-refractivity contribution is -0.391. The second-order valence-corrected chi connectivity index (χ2v) is 15.1. The molecule has 3 fully saturated rings. The molecule has 3 heterocycles. The highest BCUT2D eigenvalue weighted by atomic mass is 16.8. The summed E-state index contributed by atoms with van der Waals surface area (Å²) in [6.07, 6.45) is -14.0. The van der Waals surface area contributed by atoms with Gasteiger partial charge in [0.2, 0.25) is 0 Å². The fourth-order valence-corrected chi connectivity index (χ4v) is 7.59. The van der Waals surface area contributed by atoms with Crippen molar-refractivity contribution < 1.29 is 71.7 Å². The van der Waals surface area contributed by atoms with Gasteiger partial charge >= 0.3 is 23.9 Å². The Bertz CT molecular complexity index is 2350. The van der Waals surface area contributed by atoms with Crippen LogP contribution < -0.4 is 0 Å². The summed E-state index contributed by atoms with van der Waals surface area (Å²) < 4.78 is 62.2. The van der Waals surface area contributed by atoms with Gasteiger partial charge in [-0.3, -0.25) is 0 Å². The molecule has 5 aromatic carbocycles. The quantitative estimate of drug-likeness (QED) is 0.0731. The van der Waals surface area contributed by atoms with E-state index in [0.29, 0.717) is 5.56 Å². The van der Waals surface area contributed by atoms with Gasteiger partial charge < -0.3 is 52.5 Å². The van der Waals surface area contributed by atoms with Gasteiger partial charge in [0.25, 0.3) is 0 Å². The number of carbonyl (C=O) groups is 4. The van der Waals surface area contributed by atoms with Crippen molar-refractivity contribution in [2.24, 2.45) is 0 Å². The molecule has 11 atom stereocenters. The SMILES string of the molecule is C=CCO[C@H]1O[C@@H]2COC(c3ccccc3)O[C@H]2[C@H](O[C@@H]2O[C@H](COC(=O)c3ccccc3)[C@@H](OC(=O)c3ccccc3)[C@H](OC(=O)c3ccccc3)[C@H]2OC(=O)c2ccccc2)[C@H]1O. The van der Waals surface area contributed by atoms with Crippen molar-refractivity contribution in [2.45, 2.75) is 67.7 Å². The van der Waals surface area contributed by atoms with Crippen LogP contribution in [0.3, 0.4) is 0 Å². The Hall–Kier alpha value is -6.56. The first kappa shape index (κ1) is 45.0. The predicted molar refractivity (Wildman–Crippen MR) is 228 cm³/mol. The molecule has 3 aliphatic rings. The van der Waals surface area contributed by atoms with Gasteiger partial charge in [0.1, 0.15) is 37.1 Å². The van der Waals surface area contributed by atoms with Gasteiger partial charge in [-0.2, -0.15) is 0 Å². The van der Waals surface area contributed by atoms with Gasteiger partial charge in [-0.15, -0.1) is 6.58 Å². The number of carbonyl (C=O) groups excluding carboxylic acids is 4. The lowest BCUT2D eigenvalue weighted by Crippen LogP contribution is -2.67. The molecule has 336 valence electrons. The van der Waals surface area contributed by atoms with Gasteiger partial charge in [0, 0.05) is 5.56 Å². The van der Waals surface area contributed by atoms with Gasteiger partial charge in [0.15, 0.2) is 37.2 Å². The number of ether oxygens (including phenoxy) is 10. The molecule has 65 heavy (non-hydrogen) atoms. The topological polar surface area (TPSA) is 181 Å². The second kappa shape index (κ2) is 21.4. The van der Waals surface area contributed by atoms with Crippen molar-refractivity contribution >= 4 is 23.9 Å². The number of hydrogen-bond donors (Lipinski definition) is 1. The van der Waals surface area contributed by atoms with Crippen LogP contribution in [0.1, 0.15) is 53.3 Å². The molecular weight excluding hydrogens is 841 g/mol. The third-order valence-corrected chi connectivity index (χ3v) is 10.8. The van der Waals surface area contributed by atoms with E-state index in [1.807, 2.05) is 30.3 Å². The van der Waals surface area contributed by atoms with E-state index in [1.165, 1.54) is 42.5 Å². The van der Waals surface area contributed by atoms with E-state index in [2.05, 4.69) is 6.58 Å². The number of benzene rings is 5. The molecule has 0 spiro atoms. The smallest absolute Gasteiger partial charge is 0.338 e. The third kappa shape index (κ3) is 10.9. The average Bonchev–Trinajstić information content (AvgIpc) is 3.36. The molecule has 1 unspecified atom stereocenters. The Morgan fingerprint density at radius 2 is 1.05 bits per heavy atom. The van der Waals surface area contributed by atoms with Crippen LogP contribution in [-0.2, 0) is 47.4 Å². The number of esters is 4. The molecule has 8 rings (SSSR count). The van der Waals surface area contributed by atoms with E-state index < -0.39 is 98.2 Å². The molecule has 0 radical (unpaired) electrons. The van der Waals surface area contributed by atoms with E-state index in [1.54, 1.807) is 84.9 Å². The summed E-state index contributed by atoms with van der Waals surface area (Å²) in [5.74, 6) is -3.39. The summed E-state index contributed by atoms with van der Waals surface area (Å²) in [6.45, 7) is 3.08. The maximum atomic E-state index is 14.1. The lowest BCUT2D eigenvalue weighted by atomic mass is 9.95. The van der Waals surface area contributed by atoms with E-state index in [-0.39, 0.29) is 35.5 Å². The Kier molecular flexibility index (Phi) is 14.8. The fraction of sp³-hybridized carbons (Fsp3) is 0.280. The molecule has 0 amide bonds. The van der Waals surface area contributed by atoms with Crippen LogP contribution >= 0.6 is 0 Å². The summed E-state index contributed by atoms with van der Waals surface area (Å²) in [5, 5.41) is 12.0. The monoisotopic (exact) mass is 886 g/mol. The summed E-state index contributed by atoms with van der Waals surface area (Å²) in [7, 11) is 0. The van der Waals surface area contributed by atoms with Gasteiger partial charge in [-0.25, -0.2) is 19.2 Å². The van der Waals surface area contributed by atoms with Crippen LogP contribution in [0, 0.1) is 0 Å². The largest absolute Gasteiger partial charge is 0.459 e. The fourth-order valence-electron chi connectivity index (χ4n) is 7.59. The molecule has 0 aliphatic carbocycles. The summed E-state index contributed by atoms with van der Waals surface area (Å²) in [4.78, 5) is 55.7. The van der Waals surface area contributed by atoms with E-state index in [4.69, 9.17) is 47.4 Å². The summed E-state index contributed by atoms with van der Waals surface area (Å²) in [6, 6.07) is 41.2. The van der Waals surface area contributed by atoms with Crippen LogP contribution in [0.5, 0.6) is 0 Å². The van der Waals surface area contributed by atoms with Gasteiger partial charge in [0.05, 0.1) is 35.5 Å². The third-order valence-electron chi connectivity index (χ3n) is 10.8. The van der Waals surface area contributed by atoms with Crippen molar-refractivity contribution in [1.29, 1.82) is 0 Å². The summed E-state index contributed by atoms with van der Waals surface area (Å²) in [5.41, 5.74) is 1.23. The zero-order chi connectivity index (χ0) is 45.1. The molecule has 3 aliphatic heterocycles. The highest BCUT2D eigenvalue weighted by Gasteiger charge is 2.57. The lowest BCUT2D eigenvalue weighted by Gasteiger charge is -2.50. The molecule has 15 heteroatoms. The van der Waals surface area contributed by atoms with Crippen molar-refractivity contribution in [3.63, 3.8) is 0 Å². The normalized spacial score (nSPS) is 27.2. The molecule has 15 nitrogen and oxygen atoms in total. The number of hydrogen-bond acceptors (Lipinski definition) is 15. The van der Waals surface area contributed by atoms with Crippen molar-refractivity contribution in [2.75, 3.05) is 19.8 Å². The Morgan fingerprint density at radius 1 is 0.569 bits per heavy atom. The standard InChI is InChI=1S/C50H46O15/c1-2-28-56-49-38(51)41(39-37(59-49)30-58-48(64-39)35-26-16-7-17-27-35)65-50-43(63-47(55)34-24-14-6-15-25-34)42(62-46(54)33-22-12-5-13-23-33)40(61-45(53)32-20-10-4-11-21-32)36(60-50)29-57-44(52)31-18-8-3-9-19-31/h2-27,36-43,48-51H,1,28-30H2/t36-,37-,38-,39-,40-,41-,42+,43-,48?,49+,50+/m1/s1. The first-order chi connectivity index (χ1) is 31.8. The van der Waals surface area contributed by atoms with E-state index >= 15 is 0 Å². The first-order valence-corrected chi connectivity index (χ1v) is 21.0. The van der Waals surface area contributed by atoms with Crippen molar-refractivity contribution in [1.82, 2.24) is 0 Å². The molecule has 5 aromatic rings. The minimum absolute atomic E-state index is 0.0156. The average molecular weight is 887 g/mol. The van der Waals surface area contributed by atoms with Crippen LogP contribution in [0.25, 0.3) is 0 Å². The highest BCUT2D eigenvalue weighted by molar-refractivity contribution is 5.91. The number of rotatable bonds is 15. The van der Waals surface area contributed by atoms with Crippen LogP contribution in [0.2, 0.25) is 0 Å². The van der Waals surface area contributed by atoms with Crippen molar-refractivity contribution in [3.05, 3.63) is 192 Å². The van der Waals surface area contributed by atoms with Crippen molar-refractivity contribution in [3.8, 4) is 0 Å². The minimum atomic E-state index is -1.76. The number of fused-ring (bicyclic) bond motifs is 1. The molecule has 0 aromatic heterocycles. The molecule has 0 bridgehead atoms. The van der Waals surface area contributed by atoms with E-state index in [9.17, 15) is 24.3 Å². The first-order valence-electron chi connectivity index (χ1n) is 21.0. The second-order valence-electron chi connectivity index (χ2n) is 15.1. The van der Waals surface area contributed by atoms with E-state index in [0.717, 1.165) is 0 Å². The zero-order valence-corrected chi connectivity index (χ0v) is 34.9. The van der Waals surface area contributed by atoms with Crippen LogP contribution in [0.15, 0.2) is 164 Å². The molecule has 1 N–H and O–H groups in total. The Morgan fingerprint density at radius 3 is 1.57 bits per heavy atom. The minimum Gasteiger partial charge on any atom is -0.459 e. The maximum absolute atomic E-state index is 14.1. The Balaban J connectivity index is 1.21. The molecule has 0 saturated carbocycles. The predicted octanol–water partition coefficient (Wildman–Crippen LogP) is 6.03. The van der Waals surface area contributed by atoms with Crippen LogP contribution in [0.4, 0.5) is 0 Å². The van der Waals surface area contributed by atoms with Gasteiger partial charge in [-0.05, 0) is 48.5 Å². The Labute approximate surface area is 374 Å². The highest BCUT2D eigenvalue weighted by Crippen LogP contribution is 2.39. The molecule has 3 saturated heterocycles. The number of aliphatic hydroxyl groups is 1. The van der Waals surface area contributed by atoms with Gasteiger partial charge in [-0.1, -0.05) is 109 Å². The number of aliphatic hydroxyl groups excluding tert-OH is 1. The summed E-state index contributed by atoms with van der Waals surface area (Å²) >= 11 is 0. The zero-order valence-electron chi connectivity index (χ0n) is 34.9. The van der Waals surface area contributed by atoms with Crippen LogP contribution in [-0.4, -0.2) is 110 Å².